The fourth-order valence-electron chi connectivity index (χ4n) is 2.98. The molecule has 0 bridgehead atoms. The van der Waals surface area contributed by atoms with E-state index in [1.165, 1.54) is 6.92 Å². The number of hydrogen-bond acceptors (Lipinski definition) is 10. The Morgan fingerprint density at radius 2 is 2.00 bits per heavy atom. The molecule has 0 aliphatic carbocycles. The molecule has 5 atom stereocenters. The van der Waals surface area contributed by atoms with Gasteiger partial charge in [0.15, 0.2) is 13.1 Å². The first-order valence-electron chi connectivity index (χ1n) is 10.5. The molecular formula is C20H34N4O8. The zero-order valence-corrected chi connectivity index (χ0v) is 19.3. The third kappa shape index (κ3) is 6.94. The molecule has 1 aromatic rings. The van der Waals surface area contributed by atoms with Gasteiger partial charge in [-0.1, -0.05) is 5.21 Å². The Kier molecular flexibility index (Phi) is 9.10. The molecule has 1 amide bonds. The van der Waals surface area contributed by atoms with Gasteiger partial charge in [-0.15, -0.1) is 5.10 Å². The van der Waals surface area contributed by atoms with Crippen LogP contribution in [0.1, 0.15) is 53.3 Å². The Labute approximate surface area is 187 Å². The number of aliphatic hydroxyl groups is 2. The van der Waals surface area contributed by atoms with Crippen LogP contribution < -0.4 is 5.32 Å². The third-order valence-corrected chi connectivity index (χ3v) is 4.77. The first-order valence-corrected chi connectivity index (χ1v) is 10.5. The molecule has 182 valence electrons. The van der Waals surface area contributed by atoms with Crippen LogP contribution in [0.25, 0.3) is 0 Å². The van der Waals surface area contributed by atoms with Crippen molar-refractivity contribution in [3.8, 4) is 0 Å². The Morgan fingerprint density at radius 3 is 2.53 bits per heavy atom. The highest BCUT2D eigenvalue weighted by Crippen LogP contribution is 2.26. The lowest BCUT2D eigenvalue weighted by Crippen LogP contribution is -2.65. The van der Waals surface area contributed by atoms with E-state index in [-0.39, 0.29) is 12.6 Å². The number of hydrogen-bond donors (Lipinski definition) is 3. The summed E-state index contributed by atoms with van der Waals surface area (Å²) in [6.45, 7) is 9.33. The lowest BCUT2D eigenvalue weighted by molar-refractivity contribution is -0.288. The standard InChI is InChI=1S/C20H34N4O8/c1-11(2)24-7-13(22-23-24)9-29-18-15(21-12(3)26)17(16(27)14(8-25)32-18)30-10-31-19(28)20(4,5)6/h7,11,14-18,25,27H,8-10H2,1-6H3,(H,21,26)/t14-,15-,16+,17-,18-/m1/s1. The minimum atomic E-state index is -1.31. The number of ether oxygens (including phenoxy) is 4. The fraction of sp³-hybridized carbons (Fsp3) is 0.800. The van der Waals surface area contributed by atoms with Crippen LogP contribution in [0.15, 0.2) is 6.20 Å². The van der Waals surface area contributed by atoms with E-state index in [1.807, 2.05) is 13.8 Å². The highest BCUT2D eigenvalue weighted by atomic mass is 16.7. The maximum atomic E-state index is 12.0. The quantitative estimate of drug-likeness (QED) is 0.337. The van der Waals surface area contributed by atoms with Gasteiger partial charge in [-0.05, 0) is 34.6 Å². The monoisotopic (exact) mass is 458 g/mol. The largest absolute Gasteiger partial charge is 0.438 e. The van der Waals surface area contributed by atoms with Crippen LogP contribution in [-0.4, -0.2) is 81.1 Å². The number of carbonyl (C=O) groups excluding carboxylic acids is 2. The molecule has 32 heavy (non-hydrogen) atoms. The summed E-state index contributed by atoms with van der Waals surface area (Å²) < 4.78 is 23.9. The molecule has 3 N–H and O–H groups in total. The zero-order valence-electron chi connectivity index (χ0n) is 19.3. The summed E-state index contributed by atoms with van der Waals surface area (Å²) in [6.07, 6.45) is -2.79. The van der Waals surface area contributed by atoms with Crippen molar-refractivity contribution in [2.45, 2.75) is 84.8 Å². The lowest BCUT2D eigenvalue weighted by atomic mass is 9.96. The molecule has 1 aliphatic heterocycles. The Hall–Kier alpha value is -2.12. The van der Waals surface area contributed by atoms with Crippen LogP contribution in [0.5, 0.6) is 0 Å². The van der Waals surface area contributed by atoms with E-state index >= 15 is 0 Å². The van der Waals surface area contributed by atoms with Crippen molar-refractivity contribution in [3.63, 3.8) is 0 Å². The predicted octanol–water partition coefficient (Wildman–Crippen LogP) is -0.110. The fourth-order valence-corrected chi connectivity index (χ4v) is 2.98. The van der Waals surface area contributed by atoms with Crippen LogP contribution in [0.2, 0.25) is 0 Å². The SMILES string of the molecule is CC(=O)N[C@H]1[C@H](OCc2cn(C(C)C)nn2)O[C@H](CO)[C@H](O)[C@@H]1OCOC(=O)C(C)(C)C. The van der Waals surface area contributed by atoms with Crippen LogP contribution in [0.3, 0.4) is 0 Å². The number of rotatable bonds is 9. The van der Waals surface area contributed by atoms with Gasteiger partial charge in [0.05, 0.1) is 24.8 Å². The highest BCUT2D eigenvalue weighted by Gasteiger charge is 2.47. The summed E-state index contributed by atoms with van der Waals surface area (Å²) in [5.74, 6) is -0.900. The van der Waals surface area contributed by atoms with Crippen molar-refractivity contribution in [1.29, 1.82) is 0 Å². The molecule has 0 saturated carbocycles. The molecular weight excluding hydrogens is 424 g/mol. The number of nitrogens with one attached hydrogen (secondary N) is 1. The summed E-state index contributed by atoms with van der Waals surface area (Å²) in [4.78, 5) is 23.8. The molecule has 1 aliphatic rings. The second kappa shape index (κ2) is 11.1. The second-order valence-electron chi connectivity index (χ2n) is 8.97. The van der Waals surface area contributed by atoms with E-state index in [0.717, 1.165) is 0 Å². The molecule has 0 unspecified atom stereocenters. The molecule has 1 saturated heterocycles. The van der Waals surface area contributed by atoms with Crippen molar-refractivity contribution >= 4 is 11.9 Å². The van der Waals surface area contributed by atoms with E-state index < -0.39 is 61.3 Å². The smallest absolute Gasteiger partial charge is 0.313 e. The van der Waals surface area contributed by atoms with Gasteiger partial charge in [0.2, 0.25) is 5.91 Å². The maximum Gasteiger partial charge on any atom is 0.313 e. The van der Waals surface area contributed by atoms with Crippen molar-refractivity contribution < 1.29 is 38.7 Å². The minimum Gasteiger partial charge on any atom is -0.438 e. The summed E-state index contributed by atoms with van der Waals surface area (Å²) in [7, 11) is 0. The van der Waals surface area contributed by atoms with E-state index in [9.17, 15) is 19.8 Å². The van der Waals surface area contributed by atoms with Crippen LogP contribution in [-0.2, 0) is 35.1 Å². The van der Waals surface area contributed by atoms with E-state index in [2.05, 4.69) is 15.6 Å². The van der Waals surface area contributed by atoms with Crippen LogP contribution >= 0.6 is 0 Å². The van der Waals surface area contributed by atoms with Gasteiger partial charge in [0.1, 0.15) is 30.0 Å². The Morgan fingerprint density at radius 1 is 1.31 bits per heavy atom. The zero-order chi connectivity index (χ0) is 24.1. The van der Waals surface area contributed by atoms with Crippen LogP contribution in [0, 0.1) is 5.41 Å². The summed E-state index contributed by atoms with van der Waals surface area (Å²) in [5, 5.41) is 30.9. The van der Waals surface area contributed by atoms with E-state index in [4.69, 9.17) is 18.9 Å². The number of amides is 1. The number of nitrogens with zero attached hydrogens (tertiary/aromatic N) is 3. The maximum absolute atomic E-state index is 12.0. The molecule has 12 heteroatoms. The third-order valence-electron chi connectivity index (χ3n) is 4.77. The summed E-state index contributed by atoms with van der Waals surface area (Å²) in [6, 6.07) is -0.824. The molecule has 2 rings (SSSR count). The molecule has 0 radical (unpaired) electrons. The first kappa shape index (κ1) is 26.1. The van der Waals surface area contributed by atoms with Gasteiger partial charge in [-0.3, -0.25) is 9.59 Å². The van der Waals surface area contributed by atoms with Gasteiger partial charge < -0.3 is 34.5 Å². The van der Waals surface area contributed by atoms with Gasteiger partial charge in [0, 0.05) is 13.0 Å². The molecule has 0 aromatic carbocycles. The predicted molar refractivity (Wildman–Crippen MR) is 110 cm³/mol. The van der Waals surface area contributed by atoms with Crippen LogP contribution in [0.4, 0.5) is 0 Å². The molecule has 2 heterocycles. The number of aromatic nitrogens is 3. The van der Waals surface area contributed by atoms with Gasteiger partial charge in [-0.2, -0.15) is 0 Å². The number of carbonyl (C=O) groups is 2. The molecule has 1 fully saturated rings. The van der Waals surface area contributed by atoms with Gasteiger partial charge >= 0.3 is 5.97 Å². The van der Waals surface area contributed by atoms with Gasteiger partial charge in [0.25, 0.3) is 0 Å². The average Bonchev–Trinajstić information content (AvgIpc) is 3.17. The van der Waals surface area contributed by atoms with Crippen molar-refractivity contribution in [2.24, 2.45) is 5.41 Å². The average molecular weight is 459 g/mol. The Bertz CT molecular complexity index is 763. The van der Waals surface area contributed by atoms with E-state index in [0.29, 0.717) is 5.69 Å². The molecule has 0 spiro atoms. The molecule has 12 nitrogen and oxygen atoms in total. The molecule has 1 aromatic heterocycles. The topological polar surface area (TPSA) is 154 Å². The first-order chi connectivity index (χ1) is 14.9. The summed E-state index contributed by atoms with van der Waals surface area (Å²) in [5.41, 5.74) is -0.200. The van der Waals surface area contributed by atoms with E-state index in [1.54, 1.807) is 31.6 Å². The summed E-state index contributed by atoms with van der Waals surface area (Å²) >= 11 is 0. The minimum absolute atomic E-state index is 0.00739. The number of esters is 1. The van der Waals surface area contributed by atoms with Crippen molar-refractivity contribution in [3.05, 3.63) is 11.9 Å². The highest BCUT2D eigenvalue weighted by molar-refractivity contribution is 5.75. The normalized spacial score (nSPS) is 26.2. The lowest BCUT2D eigenvalue weighted by Gasteiger charge is -2.43. The van der Waals surface area contributed by atoms with Crippen molar-refractivity contribution in [1.82, 2.24) is 20.3 Å². The second-order valence-corrected chi connectivity index (χ2v) is 8.97. The Balaban J connectivity index is 2.13. The number of aliphatic hydroxyl groups excluding tert-OH is 2. The van der Waals surface area contributed by atoms with Gasteiger partial charge in [-0.25, -0.2) is 4.68 Å². The van der Waals surface area contributed by atoms with Crippen molar-refractivity contribution in [2.75, 3.05) is 13.4 Å².